The number of hydrogen-bond donors (Lipinski definition) is 0. The monoisotopic (exact) mass is 286 g/mol. The van der Waals surface area contributed by atoms with Crippen molar-refractivity contribution in [1.29, 1.82) is 0 Å². The number of aldehydes is 1. The van der Waals surface area contributed by atoms with Crippen LogP contribution in [0.25, 0.3) is 0 Å². The van der Waals surface area contributed by atoms with E-state index in [1.165, 1.54) is 7.11 Å². The zero-order valence-corrected chi connectivity index (χ0v) is 12.1. The lowest BCUT2D eigenvalue weighted by molar-refractivity contribution is -0.108. The molecule has 0 spiro atoms. The molecule has 1 rings (SSSR count). The second-order valence-electron chi connectivity index (χ2n) is 4.18. The molecule has 1 aromatic carbocycles. The largest absolute Gasteiger partial charge is 0.493 e. The first-order chi connectivity index (χ1) is 8.91. The van der Waals surface area contributed by atoms with E-state index < -0.39 is 15.8 Å². The number of sulfone groups is 1. The Morgan fingerprint density at radius 3 is 2.47 bits per heavy atom. The molecule has 19 heavy (non-hydrogen) atoms. The Hall–Kier alpha value is -1.56. The quantitative estimate of drug-likeness (QED) is 0.709. The lowest BCUT2D eigenvalue weighted by Crippen LogP contribution is -2.14. The first kappa shape index (κ1) is 15.5. The number of methoxy groups -OCH3 is 1. The molecule has 1 unspecified atom stereocenters. The zero-order chi connectivity index (χ0) is 14.5. The molecule has 0 saturated carbocycles. The molecular weight excluding hydrogens is 268 g/mol. The van der Waals surface area contributed by atoms with E-state index in [2.05, 4.69) is 0 Å². The first-order valence-corrected chi connectivity index (χ1v) is 7.91. The number of hydrogen-bond acceptors (Lipinski definition) is 5. The molecule has 106 valence electrons. The van der Waals surface area contributed by atoms with Gasteiger partial charge in [-0.15, -0.1) is 0 Å². The summed E-state index contributed by atoms with van der Waals surface area (Å²) in [6, 6.07) is 4.98. The van der Waals surface area contributed by atoms with E-state index in [0.29, 0.717) is 30.0 Å². The summed E-state index contributed by atoms with van der Waals surface area (Å²) in [5.41, 5.74) is 0.602. The van der Waals surface area contributed by atoms with Crippen LogP contribution in [0, 0.1) is 0 Å². The van der Waals surface area contributed by atoms with Gasteiger partial charge in [-0.1, -0.05) is 6.07 Å². The summed E-state index contributed by atoms with van der Waals surface area (Å²) < 4.78 is 33.1. The number of ether oxygens (including phenoxy) is 2. The number of rotatable bonds is 7. The maximum Gasteiger partial charge on any atom is 0.161 e. The second-order valence-corrected chi connectivity index (χ2v) is 6.36. The summed E-state index contributed by atoms with van der Waals surface area (Å²) in [6.45, 7) is 2.29. The third kappa shape index (κ3) is 4.55. The van der Waals surface area contributed by atoms with Crippen LogP contribution in [0.15, 0.2) is 18.2 Å². The van der Waals surface area contributed by atoms with E-state index in [9.17, 15) is 13.2 Å². The van der Waals surface area contributed by atoms with Crippen molar-refractivity contribution in [3.05, 3.63) is 23.8 Å². The standard InChI is InChI=1S/C13H18O5S/c1-4-18-13-7-10(5-6-12(13)17-2)11(8-14)9-19(3,15)16/h5-8,11H,4,9H2,1-3H3. The molecule has 0 fully saturated rings. The van der Waals surface area contributed by atoms with E-state index >= 15 is 0 Å². The summed E-state index contributed by atoms with van der Waals surface area (Å²) >= 11 is 0. The third-order valence-corrected chi connectivity index (χ3v) is 3.53. The van der Waals surface area contributed by atoms with Gasteiger partial charge in [0.25, 0.3) is 0 Å². The van der Waals surface area contributed by atoms with Gasteiger partial charge in [0.1, 0.15) is 16.1 Å². The van der Waals surface area contributed by atoms with E-state index in [1.54, 1.807) is 18.2 Å². The van der Waals surface area contributed by atoms with Gasteiger partial charge in [-0.2, -0.15) is 0 Å². The van der Waals surface area contributed by atoms with Crippen LogP contribution in [0.3, 0.4) is 0 Å². The van der Waals surface area contributed by atoms with Crippen LogP contribution in [-0.2, 0) is 14.6 Å². The fraction of sp³-hybridized carbons (Fsp3) is 0.462. The van der Waals surface area contributed by atoms with E-state index in [-0.39, 0.29) is 5.75 Å². The SMILES string of the molecule is CCOc1cc(C(C=O)CS(C)(=O)=O)ccc1OC. The van der Waals surface area contributed by atoms with Crippen LogP contribution in [-0.4, -0.2) is 40.4 Å². The van der Waals surface area contributed by atoms with Gasteiger partial charge in [0, 0.05) is 6.26 Å². The Kier molecular flexibility index (Phi) is 5.35. The van der Waals surface area contributed by atoms with E-state index in [1.807, 2.05) is 6.92 Å². The second kappa shape index (κ2) is 6.56. The Balaban J connectivity index is 3.11. The molecule has 6 heteroatoms. The Morgan fingerprint density at radius 1 is 1.32 bits per heavy atom. The van der Waals surface area contributed by atoms with Gasteiger partial charge in [-0.05, 0) is 24.6 Å². The molecule has 0 saturated heterocycles. The van der Waals surface area contributed by atoms with Crippen molar-refractivity contribution in [2.75, 3.05) is 25.7 Å². The molecule has 0 aliphatic heterocycles. The summed E-state index contributed by atoms with van der Waals surface area (Å²) in [7, 11) is -1.71. The minimum atomic E-state index is -3.23. The van der Waals surface area contributed by atoms with Gasteiger partial charge in [0.2, 0.25) is 0 Å². The molecule has 1 atom stereocenters. The number of carbonyl (C=O) groups is 1. The summed E-state index contributed by atoms with van der Waals surface area (Å²) in [5.74, 6) is 0.145. The van der Waals surface area contributed by atoms with Gasteiger partial charge in [0.15, 0.2) is 11.5 Å². The van der Waals surface area contributed by atoms with Gasteiger partial charge >= 0.3 is 0 Å². The van der Waals surface area contributed by atoms with Gasteiger partial charge < -0.3 is 14.3 Å². The average molecular weight is 286 g/mol. The van der Waals surface area contributed by atoms with Crippen LogP contribution < -0.4 is 9.47 Å². The molecule has 1 aromatic rings. The number of carbonyl (C=O) groups excluding carboxylic acids is 1. The van der Waals surface area contributed by atoms with Gasteiger partial charge in [-0.3, -0.25) is 0 Å². The van der Waals surface area contributed by atoms with Crippen molar-refractivity contribution in [3.63, 3.8) is 0 Å². The van der Waals surface area contributed by atoms with Crippen molar-refractivity contribution in [2.45, 2.75) is 12.8 Å². The topological polar surface area (TPSA) is 69.7 Å². The van der Waals surface area contributed by atoms with Crippen molar-refractivity contribution < 1.29 is 22.7 Å². The molecular formula is C13H18O5S. The highest BCUT2D eigenvalue weighted by molar-refractivity contribution is 7.90. The molecule has 0 heterocycles. The van der Waals surface area contributed by atoms with Crippen LogP contribution in [0.1, 0.15) is 18.4 Å². The van der Waals surface area contributed by atoms with Gasteiger partial charge in [-0.25, -0.2) is 8.42 Å². The average Bonchev–Trinajstić information content (AvgIpc) is 2.35. The summed E-state index contributed by atoms with van der Waals surface area (Å²) in [5, 5.41) is 0. The van der Waals surface area contributed by atoms with Crippen LogP contribution in [0.5, 0.6) is 11.5 Å². The van der Waals surface area contributed by atoms with Crippen LogP contribution >= 0.6 is 0 Å². The van der Waals surface area contributed by atoms with Crippen molar-refractivity contribution in [2.24, 2.45) is 0 Å². The van der Waals surface area contributed by atoms with E-state index in [0.717, 1.165) is 6.26 Å². The Bertz CT molecular complexity index is 536. The fourth-order valence-electron chi connectivity index (χ4n) is 1.73. The first-order valence-electron chi connectivity index (χ1n) is 5.85. The summed E-state index contributed by atoms with van der Waals surface area (Å²) in [4.78, 5) is 11.1. The zero-order valence-electron chi connectivity index (χ0n) is 11.3. The van der Waals surface area contributed by atoms with E-state index in [4.69, 9.17) is 9.47 Å². The van der Waals surface area contributed by atoms with Crippen LogP contribution in [0.4, 0.5) is 0 Å². The highest BCUT2D eigenvalue weighted by atomic mass is 32.2. The minimum absolute atomic E-state index is 0.214. The maximum atomic E-state index is 11.3. The molecule has 0 radical (unpaired) electrons. The smallest absolute Gasteiger partial charge is 0.161 e. The van der Waals surface area contributed by atoms with Gasteiger partial charge in [0.05, 0.1) is 25.4 Å². The summed E-state index contributed by atoms with van der Waals surface area (Å²) in [6.07, 6.45) is 1.75. The normalized spacial score (nSPS) is 12.8. The van der Waals surface area contributed by atoms with Crippen molar-refractivity contribution in [3.8, 4) is 11.5 Å². The highest BCUT2D eigenvalue weighted by Crippen LogP contribution is 2.30. The fourth-order valence-corrected chi connectivity index (χ4v) is 2.66. The Labute approximate surface area is 113 Å². The molecule has 0 aliphatic carbocycles. The third-order valence-electron chi connectivity index (χ3n) is 2.56. The molecule has 0 amide bonds. The molecule has 0 bridgehead atoms. The highest BCUT2D eigenvalue weighted by Gasteiger charge is 2.18. The lowest BCUT2D eigenvalue weighted by atomic mass is 10.0. The molecule has 0 N–H and O–H groups in total. The minimum Gasteiger partial charge on any atom is -0.493 e. The molecule has 0 aliphatic rings. The lowest BCUT2D eigenvalue weighted by Gasteiger charge is -2.14. The van der Waals surface area contributed by atoms with Crippen molar-refractivity contribution >= 4 is 16.1 Å². The van der Waals surface area contributed by atoms with Crippen LogP contribution in [0.2, 0.25) is 0 Å². The predicted octanol–water partition coefficient (Wildman–Crippen LogP) is 1.42. The van der Waals surface area contributed by atoms with Crippen molar-refractivity contribution in [1.82, 2.24) is 0 Å². The Morgan fingerprint density at radius 2 is 2.00 bits per heavy atom. The maximum absolute atomic E-state index is 11.3. The molecule has 5 nitrogen and oxygen atoms in total. The molecule has 0 aromatic heterocycles. The number of benzene rings is 1. The predicted molar refractivity (Wildman–Crippen MR) is 72.7 cm³/mol.